The number of carbonyl (C=O) groups excluding carboxylic acids is 1. The number of aromatic nitrogens is 1. The van der Waals surface area contributed by atoms with Crippen molar-refractivity contribution in [1.82, 2.24) is 4.57 Å². The first-order valence-electron chi connectivity index (χ1n) is 15.0. The molecule has 0 amide bonds. The van der Waals surface area contributed by atoms with Crippen molar-refractivity contribution in [3.8, 4) is 11.5 Å². The second-order valence-electron chi connectivity index (χ2n) is 10.7. The van der Waals surface area contributed by atoms with Crippen molar-refractivity contribution < 1.29 is 23.9 Å². The molecule has 5 aromatic rings. The van der Waals surface area contributed by atoms with Gasteiger partial charge in [0.1, 0.15) is 18.1 Å². The lowest BCUT2D eigenvalue weighted by molar-refractivity contribution is -0.384. The Morgan fingerprint density at radius 1 is 1.02 bits per heavy atom. The number of rotatable bonds is 10. The van der Waals surface area contributed by atoms with Gasteiger partial charge in [-0.25, -0.2) is 9.79 Å². The Kier molecular flexibility index (Phi) is 10.2. The molecule has 0 saturated heterocycles. The van der Waals surface area contributed by atoms with E-state index >= 15 is 0 Å². The van der Waals surface area contributed by atoms with Gasteiger partial charge in [0, 0.05) is 17.7 Å². The summed E-state index contributed by atoms with van der Waals surface area (Å²) in [5.41, 5.74) is 3.21. The standard InChI is InChI=1S/C36H27Br2N3O7S/c1-3-47-35(43)30-31(23-8-5-4-6-9-23)39-36-40(32(30)24-10-7-11-26(19-24)46-2)34(42)29(49-36)18-22-16-27(37)33(28(38)17-22)48-20-21-12-14-25(15-13-21)41(44)45/h4-19,32H,3,20H2,1-2H3/b29-18-/t32-/m1/s1. The number of hydrogen-bond donors (Lipinski definition) is 0. The second-order valence-corrected chi connectivity index (χ2v) is 13.5. The topological polar surface area (TPSA) is 122 Å². The number of halogens is 2. The van der Waals surface area contributed by atoms with E-state index in [4.69, 9.17) is 19.2 Å². The van der Waals surface area contributed by atoms with Crippen molar-refractivity contribution >= 4 is 66.6 Å². The molecule has 1 atom stereocenters. The van der Waals surface area contributed by atoms with Gasteiger partial charge in [-0.15, -0.1) is 0 Å². The molecule has 13 heteroatoms. The van der Waals surface area contributed by atoms with Crippen LogP contribution in [0, 0.1) is 10.1 Å². The molecule has 0 bridgehead atoms. The summed E-state index contributed by atoms with van der Waals surface area (Å²) in [5.74, 6) is 0.539. The van der Waals surface area contributed by atoms with Gasteiger partial charge in [-0.2, -0.15) is 0 Å². The zero-order chi connectivity index (χ0) is 34.7. The molecule has 0 N–H and O–H groups in total. The number of thiazole rings is 1. The van der Waals surface area contributed by atoms with Crippen LogP contribution in [0.1, 0.15) is 35.2 Å². The maximum absolute atomic E-state index is 14.3. The summed E-state index contributed by atoms with van der Waals surface area (Å²) >= 11 is 8.39. The zero-order valence-electron chi connectivity index (χ0n) is 26.1. The number of non-ortho nitro benzene ring substituents is 1. The maximum Gasteiger partial charge on any atom is 0.338 e. The Morgan fingerprint density at radius 2 is 1.73 bits per heavy atom. The lowest BCUT2D eigenvalue weighted by Gasteiger charge is -2.26. The van der Waals surface area contributed by atoms with Crippen molar-refractivity contribution in [1.29, 1.82) is 0 Å². The van der Waals surface area contributed by atoms with E-state index in [-0.39, 0.29) is 30.0 Å². The summed E-state index contributed by atoms with van der Waals surface area (Å²) in [6, 6.07) is 25.6. The van der Waals surface area contributed by atoms with Crippen LogP contribution in [0.5, 0.6) is 11.5 Å². The van der Waals surface area contributed by atoms with E-state index in [9.17, 15) is 19.7 Å². The van der Waals surface area contributed by atoms with Gasteiger partial charge in [0.25, 0.3) is 11.2 Å². The van der Waals surface area contributed by atoms with Crippen molar-refractivity contribution in [3.05, 3.63) is 158 Å². The summed E-state index contributed by atoms with van der Waals surface area (Å²) < 4.78 is 20.3. The monoisotopic (exact) mass is 803 g/mol. The van der Waals surface area contributed by atoms with E-state index in [1.807, 2.05) is 54.6 Å². The first-order chi connectivity index (χ1) is 23.7. The molecule has 1 aromatic heterocycles. The fourth-order valence-electron chi connectivity index (χ4n) is 5.39. The van der Waals surface area contributed by atoms with Crippen LogP contribution in [0.2, 0.25) is 0 Å². The molecule has 10 nitrogen and oxygen atoms in total. The van der Waals surface area contributed by atoms with Crippen LogP contribution in [0.4, 0.5) is 5.69 Å². The van der Waals surface area contributed by atoms with E-state index in [1.165, 1.54) is 28.0 Å². The predicted molar refractivity (Wildman–Crippen MR) is 193 cm³/mol. The Hall–Kier alpha value is -4.85. The Bertz CT molecular complexity index is 2260. The largest absolute Gasteiger partial charge is 0.497 e. The smallest absolute Gasteiger partial charge is 0.338 e. The molecule has 0 radical (unpaired) electrons. The summed E-state index contributed by atoms with van der Waals surface area (Å²) in [6.07, 6.45) is 1.76. The molecule has 0 saturated carbocycles. The minimum absolute atomic E-state index is 0.00367. The predicted octanol–water partition coefficient (Wildman–Crippen LogP) is 6.96. The van der Waals surface area contributed by atoms with E-state index < -0.39 is 16.9 Å². The molecule has 6 rings (SSSR count). The average molecular weight is 806 g/mol. The molecule has 0 aliphatic carbocycles. The summed E-state index contributed by atoms with van der Waals surface area (Å²) in [5, 5.41) is 11.0. The highest BCUT2D eigenvalue weighted by Crippen LogP contribution is 2.37. The first kappa shape index (κ1) is 34.0. The fraction of sp³-hybridized carbons (Fsp3) is 0.139. The van der Waals surface area contributed by atoms with Crippen LogP contribution in [0.3, 0.4) is 0 Å². The SMILES string of the molecule is CCOC(=O)C1=C(c2ccccc2)N=c2s/c(=C\c3cc(Br)c(OCc4ccc([N+](=O)[O-])cc4)c(Br)c3)c(=O)n2[C@@H]1c1cccc(OC)c1. The minimum atomic E-state index is -0.837. The van der Waals surface area contributed by atoms with Gasteiger partial charge in [0.05, 0.1) is 49.4 Å². The lowest BCUT2D eigenvalue weighted by atomic mass is 9.93. The van der Waals surface area contributed by atoms with Crippen LogP contribution in [0.15, 0.2) is 115 Å². The summed E-state index contributed by atoms with van der Waals surface area (Å²) in [6.45, 7) is 2.07. The van der Waals surface area contributed by atoms with Crippen molar-refractivity contribution in [2.45, 2.75) is 19.6 Å². The summed E-state index contributed by atoms with van der Waals surface area (Å²) in [4.78, 5) is 43.8. The quantitative estimate of drug-likeness (QED) is 0.0851. The van der Waals surface area contributed by atoms with Gasteiger partial charge >= 0.3 is 5.97 Å². The molecule has 1 aliphatic heterocycles. The molecule has 0 spiro atoms. The van der Waals surface area contributed by atoms with Gasteiger partial charge in [-0.05, 0) is 97.9 Å². The van der Waals surface area contributed by atoms with Crippen molar-refractivity contribution in [2.75, 3.05) is 13.7 Å². The molecular weight excluding hydrogens is 778 g/mol. The van der Waals surface area contributed by atoms with E-state index in [0.29, 0.717) is 52.2 Å². The van der Waals surface area contributed by atoms with Gasteiger partial charge in [-0.3, -0.25) is 19.5 Å². The number of benzene rings is 4. The zero-order valence-corrected chi connectivity index (χ0v) is 30.1. The van der Waals surface area contributed by atoms with Crippen LogP contribution < -0.4 is 24.4 Å². The lowest BCUT2D eigenvalue weighted by Crippen LogP contribution is -2.40. The van der Waals surface area contributed by atoms with Gasteiger partial charge in [0.15, 0.2) is 4.80 Å². The number of esters is 1. The maximum atomic E-state index is 14.3. The normalized spacial score (nSPS) is 14.2. The Labute approximate surface area is 301 Å². The molecule has 0 unspecified atom stereocenters. The second kappa shape index (κ2) is 14.7. The molecule has 0 fully saturated rings. The molecule has 248 valence electrons. The van der Waals surface area contributed by atoms with E-state index in [0.717, 1.165) is 5.56 Å². The highest BCUT2D eigenvalue weighted by atomic mass is 79.9. The van der Waals surface area contributed by atoms with E-state index in [2.05, 4.69) is 31.9 Å². The Balaban J connectivity index is 1.45. The number of hydrogen-bond acceptors (Lipinski definition) is 9. The highest BCUT2D eigenvalue weighted by Gasteiger charge is 2.35. The van der Waals surface area contributed by atoms with Crippen LogP contribution in [-0.4, -0.2) is 29.2 Å². The van der Waals surface area contributed by atoms with Crippen molar-refractivity contribution in [3.63, 3.8) is 0 Å². The fourth-order valence-corrected chi connectivity index (χ4v) is 7.84. The van der Waals surface area contributed by atoms with Crippen LogP contribution in [-0.2, 0) is 16.1 Å². The number of fused-ring (bicyclic) bond motifs is 1. The minimum Gasteiger partial charge on any atom is -0.497 e. The van der Waals surface area contributed by atoms with E-state index in [1.54, 1.807) is 44.4 Å². The third-order valence-electron chi connectivity index (χ3n) is 7.63. The van der Waals surface area contributed by atoms with Crippen LogP contribution in [0.25, 0.3) is 11.8 Å². The van der Waals surface area contributed by atoms with Gasteiger partial charge < -0.3 is 14.2 Å². The third kappa shape index (κ3) is 7.14. The molecule has 4 aromatic carbocycles. The van der Waals surface area contributed by atoms with Crippen LogP contribution >= 0.6 is 43.2 Å². The van der Waals surface area contributed by atoms with Gasteiger partial charge in [-0.1, -0.05) is 53.8 Å². The number of nitro benzene ring substituents is 1. The first-order valence-corrected chi connectivity index (χ1v) is 17.4. The third-order valence-corrected chi connectivity index (χ3v) is 9.79. The number of ether oxygens (including phenoxy) is 3. The molecule has 1 aliphatic rings. The number of methoxy groups -OCH3 is 1. The number of carbonyl (C=O) groups is 1. The average Bonchev–Trinajstić information content (AvgIpc) is 3.41. The highest BCUT2D eigenvalue weighted by molar-refractivity contribution is 9.11. The molecular formula is C36H27Br2N3O7S. The number of nitro groups is 1. The molecule has 49 heavy (non-hydrogen) atoms. The van der Waals surface area contributed by atoms with Gasteiger partial charge in [0.2, 0.25) is 0 Å². The Morgan fingerprint density at radius 3 is 2.39 bits per heavy atom. The molecule has 2 heterocycles. The number of nitrogens with zero attached hydrogens (tertiary/aromatic N) is 3. The summed E-state index contributed by atoms with van der Waals surface area (Å²) in [7, 11) is 1.56. The van der Waals surface area contributed by atoms with Crippen molar-refractivity contribution in [2.24, 2.45) is 4.99 Å².